The van der Waals surface area contributed by atoms with Crippen molar-refractivity contribution in [2.45, 2.75) is 57.2 Å². The Hall–Kier alpha value is -1.89. The monoisotopic (exact) mass is 474 g/mol. The zero-order valence-electron chi connectivity index (χ0n) is 18.5. The Bertz CT molecular complexity index is 1080. The van der Waals surface area contributed by atoms with Crippen molar-refractivity contribution in [1.29, 1.82) is 0 Å². The second-order valence-corrected chi connectivity index (χ2v) is 11.4. The average Bonchev–Trinajstić information content (AvgIpc) is 2.78. The van der Waals surface area contributed by atoms with Crippen LogP contribution in [0.5, 0.6) is 0 Å². The van der Waals surface area contributed by atoms with Gasteiger partial charge in [0.1, 0.15) is 0 Å². The second-order valence-electron chi connectivity index (χ2n) is 9.02. The van der Waals surface area contributed by atoms with E-state index in [0.717, 1.165) is 18.4 Å². The molecule has 0 bridgehead atoms. The van der Waals surface area contributed by atoms with Gasteiger partial charge in [-0.15, -0.1) is 0 Å². The van der Waals surface area contributed by atoms with Crippen molar-refractivity contribution in [3.63, 3.8) is 0 Å². The number of fused-ring (bicyclic) bond motifs is 1. The molecular weight excluding hydrogens is 444 g/mol. The molecule has 4 rings (SSSR count). The molecule has 1 N–H and O–H groups in total. The minimum atomic E-state index is -3.43. The summed E-state index contributed by atoms with van der Waals surface area (Å²) >= 11 is 5.98. The van der Waals surface area contributed by atoms with Gasteiger partial charge in [0.2, 0.25) is 15.9 Å². The van der Waals surface area contributed by atoms with Crippen LogP contribution in [-0.2, 0) is 33.4 Å². The lowest BCUT2D eigenvalue weighted by Crippen LogP contribution is -2.43. The highest BCUT2D eigenvalue weighted by atomic mass is 35.5. The van der Waals surface area contributed by atoms with E-state index in [0.29, 0.717) is 36.5 Å². The van der Waals surface area contributed by atoms with Gasteiger partial charge in [-0.2, -0.15) is 0 Å². The van der Waals surface area contributed by atoms with E-state index >= 15 is 0 Å². The Balaban J connectivity index is 1.31. The Labute approximate surface area is 196 Å². The van der Waals surface area contributed by atoms with E-state index in [4.69, 9.17) is 11.6 Å². The molecule has 0 radical (unpaired) electrons. The number of nitrogens with one attached hydrogen (secondary N) is 1. The van der Waals surface area contributed by atoms with Gasteiger partial charge >= 0.3 is 0 Å². The van der Waals surface area contributed by atoms with Gasteiger partial charge in [0.25, 0.3) is 0 Å². The zero-order chi connectivity index (χ0) is 22.7. The van der Waals surface area contributed by atoms with Crippen LogP contribution in [0.4, 0.5) is 0 Å². The van der Waals surface area contributed by atoms with E-state index in [2.05, 4.69) is 23.5 Å². The molecule has 172 valence electrons. The first-order chi connectivity index (χ1) is 15.3. The smallest absolute Gasteiger partial charge is 0.223 e. The van der Waals surface area contributed by atoms with Gasteiger partial charge in [-0.05, 0) is 79.8 Å². The Morgan fingerprint density at radius 3 is 2.53 bits per heavy atom. The predicted molar refractivity (Wildman–Crippen MR) is 128 cm³/mol. The minimum Gasteiger partial charge on any atom is -0.349 e. The van der Waals surface area contributed by atoms with Gasteiger partial charge < -0.3 is 5.32 Å². The number of amides is 1. The Kier molecular flexibility index (Phi) is 7.23. The fraction of sp³-hybridized carbons (Fsp3) is 0.480. The molecule has 2 aromatic rings. The normalized spacial score (nSPS) is 18.7. The third kappa shape index (κ3) is 5.53. The molecule has 2 aromatic carbocycles. The molecule has 1 aliphatic carbocycles. The molecular formula is C25H31ClN2O3S. The van der Waals surface area contributed by atoms with Crippen LogP contribution in [0.25, 0.3) is 0 Å². The first-order valence-corrected chi connectivity index (χ1v) is 13.4. The summed E-state index contributed by atoms with van der Waals surface area (Å²) < 4.78 is 27.1. The summed E-state index contributed by atoms with van der Waals surface area (Å²) in [4.78, 5) is 12.9. The number of carbonyl (C=O) groups excluding carboxylic acids is 1. The molecule has 5 nitrogen and oxygen atoms in total. The van der Waals surface area contributed by atoms with Crippen molar-refractivity contribution in [2.24, 2.45) is 5.92 Å². The van der Waals surface area contributed by atoms with E-state index in [9.17, 15) is 13.2 Å². The summed E-state index contributed by atoms with van der Waals surface area (Å²) in [7, 11) is -3.43. The van der Waals surface area contributed by atoms with E-state index in [1.165, 1.54) is 28.3 Å². The quantitative estimate of drug-likeness (QED) is 0.663. The Morgan fingerprint density at radius 1 is 1.09 bits per heavy atom. The molecule has 1 heterocycles. The summed E-state index contributed by atoms with van der Waals surface area (Å²) in [5.74, 6) is -0.213. The van der Waals surface area contributed by atoms with Gasteiger partial charge in [0, 0.05) is 24.0 Å². The van der Waals surface area contributed by atoms with Gasteiger partial charge in [0.05, 0.1) is 11.8 Å². The molecule has 0 aromatic heterocycles. The van der Waals surface area contributed by atoms with E-state index in [1.807, 2.05) is 6.92 Å². The number of nitrogens with zero attached hydrogens (tertiary/aromatic N) is 1. The number of benzene rings is 2. The molecule has 1 saturated heterocycles. The number of hydrogen-bond donors (Lipinski definition) is 1. The summed E-state index contributed by atoms with van der Waals surface area (Å²) in [6, 6.07) is 13.5. The van der Waals surface area contributed by atoms with Gasteiger partial charge in [0.15, 0.2) is 0 Å². The minimum absolute atomic E-state index is 0.0158. The van der Waals surface area contributed by atoms with Crippen LogP contribution in [0.1, 0.15) is 60.9 Å². The number of carbonyl (C=O) groups is 1. The highest BCUT2D eigenvalue weighted by molar-refractivity contribution is 7.88. The fourth-order valence-electron chi connectivity index (χ4n) is 4.76. The Morgan fingerprint density at radius 2 is 1.81 bits per heavy atom. The SMILES string of the molecule is C[C@H](NC(=O)C1CCN(S(=O)(=O)Cc2cccc(Cl)c2)CC1)c1ccc2c(c1)CCCC2. The van der Waals surface area contributed by atoms with Crippen molar-refractivity contribution in [3.8, 4) is 0 Å². The van der Waals surface area contributed by atoms with Crippen molar-refractivity contribution in [3.05, 3.63) is 69.7 Å². The lowest BCUT2D eigenvalue weighted by atomic mass is 9.89. The average molecular weight is 475 g/mol. The zero-order valence-corrected chi connectivity index (χ0v) is 20.1. The first-order valence-electron chi connectivity index (χ1n) is 11.5. The van der Waals surface area contributed by atoms with Gasteiger partial charge in [-0.3, -0.25) is 4.79 Å². The summed E-state index contributed by atoms with van der Waals surface area (Å²) in [6.45, 7) is 2.76. The molecule has 7 heteroatoms. The molecule has 1 fully saturated rings. The molecule has 0 spiro atoms. The molecule has 1 aliphatic heterocycles. The van der Waals surface area contributed by atoms with Crippen molar-refractivity contribution >= 4 is 27.5 Å². The van der Waals surface area contributed by atoms with Crippen LogP contribution in [0.2, 0.25) is 5.02 Å². The topological polar surface area (TPSA) is 66.5 Å². The van der Waals surface area contributed by atoms with E-state index in [-0.39, 0.29) is 23.6 Å². The lowest BCUT2D eigenvalue weighted by Gasteiger charge is -2.31. The second kappa shape index (κ2) is 9.94. The van der Waals surface area contributed by atoms with Crippen LogP contribution in [0.3, 0.4) is 0 Å². The van der Waals surface area contributed by atoms with E-state index < -0.39 is 10.0 Å². The largest absolute Gasteiger partial charge is 0.349 e. The third-order valence-corrected chi connectivity index (χ3v) is 8.77. The number of rotatable bonds is 6. The summed E-state index contributed by atoms with van der Waals surface area (Å²) in [6.07, 6.45) is 5.83. The standard InChI is InChI=1S/C25H31ClN2O3S/c1-18(22-10-9-20-6-2-3-7-23(20)16-22)27-25(29)21-11-13-28(14-12-21)32(30,31)17-19-5-4-8-24(26)15-19/h4-5,8-10,15-16,18,21H,2-3,6-7,11-14,17H2,1H3,(H,27,29)/t18-/m0/s1. The van der Waals surface area contributed by atoms with Crippen molar-refractivity contribution in [2.75, 3.05) is 13.1 Å². The molecule has 0 saturated carbocycles. The molecule has 1 atom stereocenters. The number of sulfonamides is 1. The molecule has 32 heavy (non-hydrogen) atoms. The highest BCUT2D eigenvalue weighted by Crippen LogP contribution is 2.26. The fourth-order valence-corrected chi connectivity index (χ4v) is 6.53. The first kappa shape index (κ1) is 23.3. The van der Waals surface area contributed by atoms with Crippen molar-refractivity contribution < 1.29 is 13.2 Å². The summed E-state index contributed by atoms with van der Waals surface area (Å²) in [5.41, 5.74) is 4.66. The van der Waals surface area contributed by atoms with Crippen LogP contribution >= 0.6 is 11.6 Å². The maximum Gasteiger partial charge on any atom is 0.223 e. The lowest BCUT2D eigenvalue weighted by molar-refractivity contribution is -0.126. The maximum absolute atomic E-state index is 12.9. The number of hydrogen-bond acceptors (Lipinski definition) is 3. The van der Waals surface area contributed by atoms with Crippen LogP contribution in [0.15, 0.2) is 42.5 Å². The van der Waals surface area contributed by atoms with Crippen molar-refractivity contribution in [1.82, 2.24) is 9.62 Å². The maximum atomic E-state index is 12.9. The number of halogens is 1. The summed E-state index contributed by atoms with van der Waals surface area (Å²) in [5, 5.41) is 3.68. The predicted octanol–water partition coefficient (Wildman–Crippen LogP) is 4.64. The molecule has 2 aliphatic rings. The van der Waals surface area contributed by atoms with Gasteiger partial charge in [-0.1, -0.05) is 41.9 Å². The number of piperidine rings is 1. The third-order valence-electron chi connectivity index (χ3n) is 6.69. The van der Waals surface area contributed by atoms with E-state index in [1.54, 1.807) is 24.3 Å². The van der Waals surface area contributed by atoms with Crippen LogP contribution < -0.4 is 5.32 Å². The number of aryl methyl sites for hydroxylation is 2. The van der Waals surface area contributed by atoms with Crippen LogP contribution in [0, 0.1) is 5.92 Å². The van der Waals surface area contributed by atoms with Gasteiger partial charge in [-0.25, -0.2) is 12.7 Å². The molecule has 0 unspecified atom stereocenters. The highest BCUT2D eigenvalue weighted by Gasteiger charge is 2.31. The molecule has 1 amide bonds. The van der Waals surface area contributed by atoms with Crippen LogP contribution in [-0.4, -0.2) is 31.7 Å².